The van der Waals surface area contributed by atoms with Gasteiger partial charge in [-0.2, -0.15) is 18.4 Å². The van der Waals surface area contributed by atoms with Gasteiger partial charge in [-0.1, -0.05) is 31.2 Å². The SMILES string of the molecule is CCS(=O)(=O)c1ccc(C(CC#N)NC(=O)c2ccc(N3CCN(Cc4ccc(C(F)(F)F)cc4)CC3)cc2)cc1. The van der Waals surface area contributed by atoms with Crippen molar-refractivity contribution in [2.75, 3.05) is 36.8 Å². The van der Waals surface area contributed by atoms with E-state index in [-0.39, 0.29) is 23.0 Å². The van der Waals surface area contributed by atoms with Gasteiger partial charge in [-0.3, -0.25) is 9.69 Å². The number of carbonyl (C=O) groups is 1. The van der Waals surface area contributed by atoms with Gasteiger partial charge >= 0.3 is 6.18 Å². The smallest absolute Gasteiger partial charge is 0.369 e. The van der Waals surface area contributed by atoms with Crippen molar-refractivity contribution in [2.24, 2.45) is 0 Å². The number of sulfone groups is 1. The number of halogens is 3. The Hall–Kier alpha value is -3.88. The highest BCUT2D eigenvalue weighted by Gasteiger charge is 2.30. The van der Waals surface area contributed by atoms with Crippen LogP contribution in [0.5, 0.6) is 0 Å². The van der Waals surface area contributed by atoms with E-state index < -0.39 is 27.6 Å². The lowest BCUT2D eigenvalue weighted by Crippen LogP contribution is -2.46. The Labute approximate surface area is 238 Å². The first-order valence-electron chi connectivity index (χ1n) is 13.2. The van der Waals surface area contributed by atoms with E-state index in [4.69, 9.17) is 0 Å². The van der Waals surface area contributed by atoms with Crippen LogP contribution in [0, 0.1) is 11.3 Å². The van der Waals surface area contributed by atoms with Gasteiger partial charge in [0, 0.05) is 44.0 Å². The normalized spacial score (nSPS) is 15.2. The summed E-state index contributed by atoms with van der Waals surface area (Å²) in [6.45, 7) is 5.11. The van der Waals surface area contributed by atoms with Crippen LogP contribution < -0.4 is 10.2 Å². The molecule has 0 spiro atoms. The van der Waals surface area contributed by atoms with Crippen LogP contribution in [-0.4, -0.2) is 51.2 Å². The van der Waals surface area contributed by atoms with Gasteiger partial charge in [0.15, 0.2) is 9.84 Å². The zero-order valence-corrected chi connectivity index (χ0v) is 23.4. The zero-order chi connectivity index (χ0) is 29.6. The fourth-order valence-corrected chi connectivity index (χ4v) is 5.59. The topological polar surface area (TPSA) is 93.5 Å². The number of nitrogens with zero attached hydrogens (tertiary/aromatic N) is 3. The van der Waals surface area contributed by atoms with Crippen molar-refractivity contribution in [3.05, 3.63) is 95.1 Å². The van der Waals surface area contributed by atoms with Crippen LogP contribution in [0.3, 0.4) is 0 Å². The molecular formula is C30H31F3N4O3S. The zero-order valence-electron chi connectivity index (χ0n) is 22.6. The molecule has 7 nitrogen and oxygen atoms in total. The van der Waals surface area contributed by atoms with Crippen molar-refractivity contribution in [3.63, 3.8) is 0 Å². The molecule has 0 saturated carbocycles. The highest BCUT2D eigenvalue weighted by atomic mass is 32.2. The Balaban J connectivity index is 1.32. The first-order valence-corrected chi connectivity index (χ1v) is 14.9. The summed E-state index contributed by atoms with van der Waals surface area (Å²) in [6, 6.07) is 20.1. The largest absolute Gasteiger partial charge is 0.416 e. The standard InChI is InChI=1S/C30H31F3N4O3S/c1-2-41(39,40)27-13-7-23(8-14-27)28(15-16-34)35-29(38)24-5-11-26(12-6-24)37-19-17-36(18-20-37)21-22-3-9-25(10-4-22)30(31,32)33/h3-14,28H,2,15,17-21H2,1H3,(H,35,38). The lowest BCUT2D eigenvalue weighted by atomic mass is 10.0. The maximum atomic E-state index is 13.0. The summed E-state index contributed by atoms with van der Waals surface area (Å²) in [4.78, 5) is 17.5. The van der Waals surface area contributed by atoms with Crippen LogP contribution in [-0.2, 0) is 22.6 Å². The number of amides is 1. The molecule has 3 aromatic carbocycles. The Morgan fingerprint density at radius 1 is 0.951 bits per heavy atom. The van der Waals surface area contributed by atoms with E-state index in [1.54, 1.807) is 31.2 Å². The number of nitriles is 1. The maximum Gasteiger partial charge on any atom is 0.416 e. The number of benzene rings is 3. The Morgan fingerprint density at radius 3 is 2.10 bits per heavy atom. The van der Waals surface area contributed by atoms with E-state index >= 15 is 0 Å². The van der Waals surface area contributed by atoms with Crippen molar-refractivity contribution in [1.29, 1.82) is 5.26 Å². The molecule has 0 aliphatic carbocycles. The molecule has 1 atom stereocenters. The van der Waals surface area contributed by atoms with Gasteiger partial charge in [-0.15, -0.1) is 0 Å². The fourth-order valence-electron chi connectivity index (χ4n) is 4.70. The van der Waals surface area contributed by atoms with Crippen molar-refractivity contribution < 1.29 is 26.4 Å². The molecule has 1 aliphatic heterocycles. The maximum absolute atomic E-state index is 13.0. The van der Waals surface area contributed by atoms with E-state index in [0.717, 1.165) is 49.6 Å². The van der Waals surface area contributed by atoms with Crippen molar-refractivity contribution in [1.82, 2.24) is 10.2 Å². The molecule has 1 unspecified atom stereocenters. The molecule has 41 heavy (non-hydrogen) atoms. The van der Waals surface area contributed by atoms with Crippen LogP contribution in [0.25, 0.3) is 0 Å². The quantitative estimate of drug-likeness (QED) is 0.372. The number of nitrogens with one attached hydrogen (secondary N) is 1. The average Bonchev–Trinajstić information content (AvgIpc) is 2.97. The first kappa shape index (κ1) is 30.1. The molecule has 1 heterocycles. The predicted molar refractivity (Wildman–Crippen MR) is 150 cm³/mol. The molecule has 1 fully saturated rings. The van der Waals surface area contributed by atoms with Crippen molar-refractivity contribution in [2.45, 2.75) is 37.0 Å². The summed E-state index contributed by atoms with van der Waals surface area (Å²) in [5, 5.41) is 12.1. The minimum Gasteiger partial charge on any atom is -0.369 e. The van der Waals surface area contributed by atoms with Gasteiger partial charge in [0.05, 0.1) is 34.7 Å². The number of piperazine rings is 1. The third-order valence-electron chi connectivity index (χ3n) is 7.18. The summed E-state index contributed by atoms with van der Waals surface area (Å²) in [5.74, 6) is -0.359. The highest BCUT2D eigenvalue weighted by molar-refractivity contribution is 7.91. The minimum atomic E-state index is -4.34. The molecule has 1 amide bonds. The Bertz CT molecular complexity index is 1480. The molecule has 1 N–H and O–H groups in total. The molecule has 4 rings (SSSR count). The van der Waals surface area contributed by atoms with Crippen LogP contribution in [0.2, 0.25) is 0 Å². The second kappa shape index (κ2) is 12.7. The molecule has 0 bridgehead atoms. The third kappa shape index (κ3) is 7.65. The molecule has 216 valence electrons. The van der Waals surface area contributed by atoms with Crippen LogP contribution in [0.4, 0.5) is 18.9 Å². The van der Waals surface area contributed by atoms with E-state index in [1.165, 1.54) is 24.3 Å². The lowest BCUT2D eigenvalue weighted by molar-refractivity contribution is -0.137. The van der Waals surface area contributed by atoms with Gasteiger partial charge in [0.2, 0.25) is 0 Å². The van der Waals surface area contributed by atoms with E-state index in [2.05, 4.69) is 21.2 Å². The second-order valence-electron chi connectivity index (χ2n) is 9.87. The predicted octanol–water partition coefficient (Wildman–Crippen LogP) is 5.21. The average molecular weight is 585 g/mol. The third-order valence-corrected chi connectivity index (χ3v) is 8.93. The van der Waals surface area contributed by atoms with Crippen LogP contribution in [0.15, 0.2) is 77.7 Å². The minimum absolute atomic E-state index is 0.0148. The highest BCUT2D eigenvalue weighted by Crippen LogP contribution is 2.29. The monoisotopic (exact) mass is 584 g/mol. The summed E-state index contributed by atoms with van der Waals surface area (Å²) in [7, 11) is -3.35. The number of carbonyl (C=O) groups excluding carboxylic acids is 1. The van der Waals surface area contributed by atoms with E-state index in [1.807, 2.05) is 12.1 Å². The molecule has 0 radical (unpaired) electrons. The van der Waals surface area contributed by atoms with Crippen LogP contribution in [0.1, 0.15) is 46.4 Å². The molecule has 1 saturated heterocycles. The number of rotatable bonds is 9. The summed E-state index contributed by atoms with van der Waals surface area (Å²) in [5.41, 5.74) is 2.21. The van der Waals surface area contributed by atoms with Crippen molar-refractivity contribution in [3.8, 4) is 6.07 Å². The second-order valence-corrected chi connectivity index (χ2v) is 12.1. The summed E-state index contributed by atoms with van der Waals surface area (Å²) in [6.07, 6.45) is -4.31. The van der Waals surface area contributed by atoms with Gasteiger partial charge in [0.1, 0.15) is 0 Å². The number of anilines is 1. The van der Waals surface area contributed by atoms with E-state index in [0.29, 0.717) is 17.7 Å². The summed E-state index contributed by atoms with van der Waals surface area (Å²) < 4.78 is 62.6. The number of hydrogen-bond donors (Lipinski definition) is 1. The fraction of sp³-hybridized carbons (Fsp3) is 0.333. The number of alkyl halides is 3. The van der Waals surface area contributed by atoms with Gasteiger partial charge in [-0.25, -0.2) is 8.42 Å². The molecule has 11 heteroatoms. The Morgan fingerprint density at radius 2 is 1.56 bits per heavy atom. The lowest BCUT2D eigenvalue weighted by Gasteiger charge is -2.36. The van der Waals surface area contributed by atoms with Gasteiger partial charge in [0.25, 0.3) is 5.91 Å². The molecular weight excluding hydrogens is 553 g/mol. The van der Waals surface area contributed by atoms with E-state index in [9.17, 15) is 31.6 Å². The molecule has 0 aromatic heterocycles. The van der Waals surface area contributed by atoms with Crippen molar-refractivity contribution >= 4 is 21.4 Å². The Kier molecular flexibility index (Phi) is 9.35. The van der Waals surface area contributed by atoms with Gasteiger partial charge < -0.3 is 10.2 Å². The van der Waals surface area contributed by atoms with Gasteiger partial charge in [-0.05, 0) is 59.7 Å². The molecule has 1 aliphatic rings. The molecule has 3 aromatic rings. The number of hydrogen-bond acceptors (Lipinski definition) is 6. The summed E-state index contributed by atoms with van der Waals surface area (Å²) >= 11 is 0. The van der Waals surface area contributed by atoms with Crippen LogP contribution >= 0.6 is 0 Å². The first-order chi connectivity index (χ1) is 19.5.